The summed E-state index contributed by atoms with van der Waals surface area (Å²) in [7, 11) is 0. The molecule has 0 unspecified atom stereocenters. The van der Waals surface area contributed by atoms with Gasteiger partial charge in [0.2, 0.25) is 5.91 Å². The van der Waals surface area contributed by atoms with E-state index in [0.717, 1.165) is 18.2 Å². The van der Waals surface area contributed by atoms with Gasteiger partial charge in [0.15, 0.2) is 0 Å². The highest BCUT2D eigenvalue weighted by Gasteiger charge is 2.22. The number of aromatic nitrogens is 1. The Morgan fingerprint density at radius 3 is 2.52 bits per heavy atom. The van der Waals surface area contributed by atoms with E-state index in [1.165, 1.54) is 25.7 Å². The summed E-state index contributed by atoms with van der Waals surface area (Å²) in [5.74, 6) is 0.485. The minimum absolute atomic E-state index is 0.0225. The molecule has 2 N–H and O–H groups in total. The third-order valence-corrected chi connectivity index (χ3v) is 5.71. The number of carbonyl (C=O) groups is 1. The molecule has 27 heavy (non-hydrogen) atoms. The summed E-state index contributed by atoms with van der Waals surface area (Å²) in [5.41, 5.74) is -0.159. The van der Waals surface area contributed by atoms with Crippen molar-refractivity contribution < 1.29 is 9.90 Å². The molecule has 3 rings (SSSR count). The quantitative estimate of drug-likeness (QED) is 0.781. The van der Waals surface area contributed by atoms with Crippen molar-refractivity contribution in [3.63, 3.8) is 0 Å². The third-order valence-electron chi connectivity index (χ3n) is 5.71. The number of fused-ring (bicyclic) bond motifs is 1. The zero-order valence-electron chi connectivity index (χ0n) is 16.3. The number of hydrogen-bond donors (Lipinski definition) is 2. The topological polar surface area (TPSA) is 71.3 Å². The van der Waals surface area contributed by atoms with Gasteiger partial charge in [-0.05, 0) is 50.8 Å². The van der Waals surface area contributed by atoms with Crippen LogP contribution < -0.4 is 10.9 Å². The van der Waals surface area contributed by atoms with Crippen LogP contribution in [0.5, 0.6) is 0 Å². The molecule has 146 valence electrons. The van der Waals surface area contributed by atoms with Crippen LogP contribution in [0.15, 0.2) is 35.3 Å². The number of pyridine rings is 1. The van der Waals surface area contributed by atoms with Crippen molar-refractivity contribution in [3.8, 4) is 0 Å². The molecular weight excluding hydrogens is 340 g/mol. The summed E-state index contributed by atoms with van der Waals surface area (Å²) in [6.45, 7) is 3.51. The normalized spacial score (nSPS) is 16.3. The average Bonchev–Trinajstić information content (AvgIpc) is 2.91. The van der Waals surface area contributed by atoms with Gasteiger partial charge in [0.1, 0.15) is 0 Å². The molecule has 0 saturated heterocycles. The van der Waals surface area contributed by atoms with E-state index in [4.69, 9.17) is 0 Å². The Bertz CT molecular complexity index is 861. The first-order chi connectivity index (χ1) is 12.9. The Morgan fingerprint density at radius 2 is 1.85 bits per heavy atom. The number of rotatable bonds is 5. The van der Waals surface area contributed by atoms with Gasteiger partial charge in [-0.15, -0.1) is 0 Å². The van der Waals surface area contributed by atoms with E-state index in [1.54, 1.807) is 22.9 Å². The van der Waals surface area contributed by atoms with E-state index >= 15 is 0 Å². The fourth-order valence-electron chi connectivity index (χ4n) is 3.97. The Kier molecular flexibility index (Phi) is 6.00. The van der Waals surface area contributed by atoms with Crippen LogP contribution in [0.3, 0.4) is 0 Å². The van der Waals surface area contributed by atoms with E-state index in [9.17, 15) is 14.7 Å². The Balaban J connectivity index is 1.84. The van der Waals surface area contributed by atoms with E-state index in [2.05, 4.69) is 5.32 Å². The fourth-order valence-corrected chi connectivity index (χ4v) is 3.97. The maximum atomic E-state index is 12.9. The number of anilines is 1. The Labute approximate surface area is 160 Å². The molecule has 5 heteroatoms. The van der Waals surface area contributed by atoms with Crippen LogP contribution >= 0.6 is 0 Å². The number of aliphatic hydroxyl groups excluding tert-OH is 1. The molecule has 1 aromatic carbocycles. The molecule has 0 aliphatic heterocycles. The molecule has 5 nitrogen and oxygen atoms in total. The van der Waals surface area contributed by atoms with E-state index in [1.807, 2.05) is 26.0 Å². The zero-order chi connectivity index (χ0) is 19.4. The van der Waals surface area contributed by atoms with Crippen molar-refractivity contribution in [2.24, 2.45) is 5.92 Å². The molecule has 1 aliphatic rings. The van der Waals surface area contributed by atoms with Crippen molar-refractivity contribution in [1.29, 1.82) is 0 Å². The highest BCUT2D eigenvalue weighted by Crippen LogP contribution is 2.27. The van der Waals surface area contributed by atoms with Crippen LogP contribution in [0.4, 0.5) is 5.69 Å². The summed E-state index contributed by atoms with van der Waals surface area (Å²) >= 11 is 0. The molecule has 0 radical (unpaired) electrons. The SMILES string of the molecule is CC(C)(CO)n1ccc2c(NC(=O)CC3CCCCCC3)cccc2c1=O. The standard InChI is InChI=1S/C22H30N2O3/c1-22(2,15-25)24-13-12-17-18(21(24)27)10-7-11-19(17)23-20(26)14-16-8-5-3-4-6-9-16/h7,10-13,16,25H,3-6,8-9,14-15H2,1-2H3,(H,23,26). The van der Waals surface area contributed by atoms with Crippen molar-refractivity contribution in [2.45, 2.75) is 64.3 Å². The summed E-state index contributed by atoms with van der Waals surface area (Å²) in [5, 5.41) is 13.9. The number of nitrogens with one attached hydrogen (secondary N) is 1. The molecule has 0 bridgehead atoms. The predicted octanol–water partition coefficient (Wildman–Crippen LogP) is 4.03. The van der Waals surface area contributed by atoms with Gasteiger partial charge in [0.25, 0.3) is 5.56 Å². The molecule has 0 atom stereocenters. The number of amides is 1. The van der Waals surface area contributed by atoms with Gasteiger partial charge in [-0.2, -0.15) is 0 Å². The molecule has 1 aromatic heterocycles. The molecule has 1 aliphatic carbocycles. The van der Waals surface area contributed by atoms with E-state index < -0.39 is 5.54 Å². The van der Waals surface area contributed by atoms with Gasteiger partial charge >= 0.3 is 0 Å². The zero-order valence-corrected chi connectivity index (χ0v) is 16.3. The van der Waals surface area contributed by atoms with Crippen molar-refractivity contribution >= 4 is 22.4 Å². The first-order valence-corrected chi connectivity index (χ1v) is 9.98. The number of nitrogens with zero attached hydrogens (tertiary/aromatic N) is 1. The first-order valence-electron chi connectivity index (χ1n) is 9.98. The Hall–Kier alpha value is -2.14. The summed E-state index contributed by atoms with van der Waals surface area (Å²) in [6.07, 6.45) is 9.48. The number of hydrogen-bond acceptors (Lipinski definition) is 3. The largest absolute Gasteiger partial charge is 0.394 e. The third kappa shape index (κ3) is 4.41. The van der Waals surface area contributed by atoms with Gasteiger partial charge in [0.05, 0.1) is 12.1 Å². The average molecular weight is 370 g/mol. The van der Waals surface area contributed by atoms with E-state index in [0.29, 0.717) is 23.4 Å². The fraction of sp³-hybridized carbons (Fsp3) is 0.545. The molecular formula is C22H30N2O3. The summed E-state index contributed by atoms with van der Waals surface area (Å²) in [6, 6.07) is 7.24. The maximum Gasteiger partial charge on any atom is 0.259 e. The van der Waals surface area contributed by atoms with Gasteiger partial charge in [-0.3, -0.25) is 9.59 Å². The lowest BCUT2D eigenvalue weighted by atomic mass is 9.96. The second kappa shape index (κ2) is 8.26. The predicted molar refractivity (Wildman–Crippen MR) is 109 cm³/mol. The number of benzene rings is 1. The van der Waals surface area contributed by atoms with E-state index in [-0.39, 0.29) is 18.1 Å². The number of aliphatic hydroxyl groups is 1. The van der Waals surface area contributed by atoms with Crippen LogP contribution in [-0.4, -0.2) is 22.2 Å². The van der Waals surface area contributed by atoms with Gasteiger partial charge < -0.3 is 15.0 Å². The van der Waals surface area contributed by atoms with Crippen LogP contribution in [-0.2, 0) is 10.3 Å². The van der Waals surface area contributed by atoms with Crippen molar-refractivity contribution in [3.05, 3.63) is 40.8 Å². The minimum atomic E-state index is -0.677. The minimum Gasteiger partial charge on any atom is -0.394 e. The van der Waals surface area contributed by atoms with Gasteiger partial charge in [-0.1, -0.05) is 31.7 Å². The molecule has 1 fully saturated rings. The van der Waals surface area contributed by atoms with Crippen LogP contribution in [0.25, 0.3) is 10.8 Å². The lowest BCUT2D eigenvalue weighted by molar-refractivity contribution is -0.117. The highest BCUT2D eigenvalue weighted by molar-refractivity contribution is 6.01. The second-order valence-electron chi connectivity index (χ2n) is 8.34. The monoisotopic (exact) mass is 370 g/mol. The van der Waals surface area contributed by atoms with Gasteiger partial charge in [0, 0.05) is 29.1 Å². The molecule has 1 amide bonds. The van der Waals surface area contributed by atoms with Crippen LogP contribution in [0, 0.1) is 5.92 Å². The first kappa shape index (κ1) is 19.6. The van der Waals surface area contributed by atoms with Crippen molar-refractivity contribution in [2.75, 3.05) is 11.9 Å². The van der Waals surface area contributed by atoms with Crippen LogP contribution in [0.2, 0.25) is 0 Å². The Morgan fingerprint density at radius 1 is 1.15 bits per heavy atom. The molecule has 1 heterocycles. The molecule has 2 aromatic rings. The highest BCUT2D eigenvalue weighted by atomic mass is 16.3. The smallest absolute Gasteiger partial charge is 0.259 e. The summed E-state index contributed by atoms with van der Waals surface area (Å²) in [4.78, 5) is 25.4. The number of carbonyl (C=O) groups excluding carboxylic acids is 1. The lowest BCUT2D eigenvalue weighted by Gasteiger charge is -2.25. The van der Waals surface area contributed by atoms with Crippen molar-refractivity contribution in [1.82, 2.24) is 4.57 Å². The van der Waals surface area contributed by atoms with Gasteiger partial charge in [-0.25, -0.2) is 0 Å². The maximum absolute atomic E-state index is 12.9. The lowest BCUT2D eigenvalue weighted by Crippen LogP contribution is -2.38. The summed E-state index contributed by atoms with van der Waals surface area (Å²) < 4.78 is 1.55. The molecule has 0 spiro atoms. The van der Waals surface area contributed by atoms with Crippen LogP contribution in [0.1, 0.15) is 58.8 Å². The molecule has 1 saturated carbocycles. The second-order valence-corrected chi connectivity index (χ2v) is 8.34.